The fourth-order valence-corrected chi connectivity index (χ4v) is 2.25. The molecule has 2 rings (SSSR count). The summed E-state index contributed by atoms with van der Waals surface area (Å²) in [5.41, 5.74) is 14.3. The minimum absolute atomic E-state index is 0.135. The molecule has 0 aliphatic rings. The number of carboxylic acid groups (broad SMARTS) is 1. The predicted molar refractivity (Wildman–Crippen MR) is 85.8 cm³/mol. The Bertz CT molecular complexity index is 741. The number of carbonyl (C=O) groups is 2. The van der Waals surface area contributed by atoms with E-state index in [4.69, 9.17) is 11.5 Å². The summed E-state index contributed by atoms with van der Waals surface area (Å²) >= 11 is 0. The number of nitrogen functional groups attached to an aromatic ring is 2. The SMILES string of the molecule is CC(=O)Nc1c(N)cccc1Cc1ccc(N)cc1C(=O)O. The summed E-state index contributed by atoms with van der Waals surface area (Å²) in [6.07, 6.45) is 0.322. The van der Waals surface area contributed by atoms with E-state index in [1.807, 2.05) is 0 Å². The van der Waals surface area contributed by atoms with Crippen LogP contribution in [0.3, 0.4) is 0 Å². The topological polar surface area (TPSA) is 118 Å². The average molecular weight is 299 g/mol. The molecule has 0 radical (unpaired) electrons. The molecule has 2 aromatic carbocycles. The molecule has 6 heteroatoms. The molecular weight excluding hydrogens is 282 g/mol. The van der Waals surface area contributed by atoms with Gasteiger partial charge < -0.3 is 21.9 Å². The van der Waals surface area contributed by atoms with Gasteiger partial charge in [-0.3, -0.25) is 4.79 Å². The van der Waals surface area contributed by atoms with Crippen LogP contribution in [0.1, 0.15) is 28.4 Å². The molecule has 0 bridgehead atoms. The zero-order chi connectivity index (χ0) is 16.3. The number of nitrogens with one attached hydrogen (secondary N) is 1. The Morgan fingerprint density at radius 3 is 2.50 bits per heavy atom. The summed E-state index contributed by atoms with van der Waals surface area (Å²) in [5.74, 6) is -1.29. The minimum Gasteiger partial charge on any atom is -0.478 e. The lowest BCUT2D eigenvalue weighted by Crippen LogP contribution is -2.11. The van der Waals surface area contributed by atoms with Crippen molar-refractivity contribution in [3.8, 4) is 0 Å². The van der Waals surface area contributed by atoms with Gasteiger partial charge in [-0.2, -0.15) is 0 Å². The third kappa shape index (κ3) is 3.35. The number of nitrogens with two attached hydrogens (primary N) is 2. The summed E-state index contributed by atoms with van der Waals surface area (Å²) in [6, 6.07) is 9.96. The van der Waals surface area contributed by atoms with Gasteiger partial charge in [0.25, 0.3) is 0 Å². The van der Waals surface area contributed by atoms with Crippen LogP contribution in [0.2, 0.25) is 0 Å². The van der Waals surface area contributed by atoms with Crippen molar-refractivity contribution in [1.29, 1.82) is 0 Å². The second kappa shape index (κ2) is 6.17. The number of hydrogen-bond acceptors (Lipinski definition) is 4. The van der Waals surface area contributed by atoms with Crippen LogP contribution >= 0.6 is 0 Å². The average Bonchev–Trinajstić information content (AvgIpc) is 2.44. The maximum atomic E-state index is 11.3. The quantitative estimate of drug-likeness (QED) is 0.645. The molecule has 6 nitrogen and oxygen atoms in total. The Morgan fingerprint density at radius 2 is 1.86 bits per heavy atom. The Hall–Kier alpha value is -3.02. The van der Waals surface area contributed by atoms with E-state index >= 15 is 0 Å². The van der Waals surface area contributed by atoms with Gasteiger partial charge in [0.15, 0.2) is 0 Å². The highest BCUT2D eigenvalue weighted by Gasteiger charge is 2.14. The molecule has 0 spiro atoms. The van der Waals surface area contributed by atoms with Crippen LogP contribution in [0.5, 0.6) is 0 Å². The second-order valence-corrected chi connectivity index (χ2v) is 4.96. The van der Waals surface area contributed by atoms with Gasteiger partial charge in [-0.05, 0) is 29.3 Å². The van der Waals surface area contributed by atoms with Gasteiger partial charge in [0, 0.05) is 19.0 Å². The van der Waals surface area contributed by atoms with Crippen LogP contribution in [-0.4, -0.2) is 17.0 Å². The van der Waals surface area contributed by atoms with Gasteiger partial charge in [-0.15, -0.1) is 0 Å². The van der Waals surface area contributed by atoms with Crippen molar-refractivity contribution in [2.45, 2.75) is 13.3 Å². The highest BCUT2D eigenvalue weighted by atomic mass is 16.4. The van der Waals surface area contributed by atoms with Crippen molar-refractivity contribution in [1.82, 2.24) is 0 Å². The van der Waals surface area contributed by atoms with E-state index in [-0.39, 0.29) is 11.5 Å². The number of carboxylic acids is 1. The van der Waals surface area contributed by atoms with Crippen molar-refractivity contribution < 1.29 is 14.7 Å². The third-order valence-electron chi connectivity index (χ3n) is 3.23. The van der Waals surface area contributed by atoms with Gasteiger partial charge in [-0.25, -0.2) is 4.79 Å². The summed E-state index contributed by atoms with van der Waals surface area (Å²) in [7, 11) is 0. The van der Waals surface area contributed by atoms with Crippen molar-refractivity contribution in [2.24, 2.45) is 0 Å². The first-order valence-electron chi connectivity index (χ1n) is 6.65. The first-order valence-corrected chi connectivity index (χ1v) is 6.65. The van der Waals surface area contributed by atoms with E-state index in [9.17, 15) is 14.7 Å². The number of para-hydroxylation sites is 1. The number of benzene rings is 2. The van der Waals surface area contributed by atoms with Crippen LogP contribution in [0, 0.1) is 0 Å². The molecule has 0 atom stereocenters. The molecule has 0 saturated heterocycles. The van der Waals surface area contributed by atoms with E-state index < -0.39 is 5.97 Å². The molecule has 2 aromatic rings. The van der Waals surface area contributed by atoms with E-state index in [0.29, 0.717) is 29.0 Å². The highest BCUT2D eigenvalue weighted by molar-refractivity contribution is 5.94. The highest BCUT2D eigenvalue weighted by Crippen LogP contribution is 2.27. The smallest absolute Gasteiger partial charge is 0.336 e. The summed E-state index contributed by atoms with van der Waals surface area (Å²) in [6.45, 7) is 1.39. The minimum atomic E-state index is -1.05. The molecule has 0 unspecified atom stereocenters. The molecule has 1 amide bonds. The van der Waals surface area contributed by atoms with Gasteiger partial charge in [0.05, 0.1) is 16.9 Å². The molecule has 0 aromatic heterocycles. The summed E-state index contributed by atoms with van der Waals surface area (Å²) in [5, 5.41) is 12.0. The van der Waals surface area contributed by atoms with Crippen molar-refractivity contribution in [3.63, 3.8) is 0 Å². The Morgan fingerprint density at radius 1 is 1.14 bits per heavy atom. The Labute approximate surface area is 127 Å². The predicted octanol–water partition coefficient (Wildman–Crippen LogP) is 2.10. The van der Waals surface area contributed by atoms with Crippen molar-refractivity contribution in [2.75, 3.05) is 16.8 Å². The van der Waals surface area contributed by atoms with Gasteiger partial charge in [0.2, 0.25) is 5.91 Å². The summed E-state index contributed by atoms with van der Waals surface area (Å²) < 4.78 is 0. The third-order valence-corrected chi connectivity index (χ3v) is 3.23. The molecule has 0 aliphatic heterocycles. The molecule has 22 heavy (non-hydrogen) atoms. The first kappa shape index (κ1) is 15.4. The number of carbonyl (C=O) groups excluding carboxylic acids is 1. The molecule has 0 aliphatic carbocycles. The number of aromatic carboxylic acids is 1. The maximum absolute atomic E-state index is 11.3. The number of rotatable bonds is 4. The fraction of sp³-hybridized carbons (Fsp3) is 0.125. The normalized spacial score (nSPS) is 10.2. The van der Waals surface area contributed by atoms with Gasteiger partial charge in [0.1, 0.15) is 0 Å². The maximum Gasteiger partial charge on any atom is 0.336 e. The van der Waals surface area contributed by atoms with Crippen molar-refractivity contribution in [3.05, 3.63) is 53.1 Å². The van der Waals surface area contributed by atoms with Crippen LogP contribution in [0.4, 0.5) is 17.1 Å². The standard InChI is InChI=1S/C16H17N3O3/c1-9(20)19-15-11(3-2-4-14(15)18)7-10-5-6-12(17)8-13(10)16(21)22/h2-6,8H,7,17-18H2,1H3,(H,19,20)(H,21,22). The number of amides is 1. The molecule has 114 valence electrons. The number of hydrogen-bond donors (Lipinski definition) is 4. The van der Waals surface area contributed by atoms with E-state index in [1.54, 1.807) is 30.3 Å². The van der Waals surface area contributed by atoms with Crippen molar-refractivity contribution >= 4 is 28.9 Å². The van der Waals surface area contributed by atoms with Crippen LogP contribution < -0.4 is 16.8 Å². The summed E-state index contributed by atoms with van der Waals surface area (Å²) in [4.78, 5) is 22.7. The van der Waals surface area contributed by atoms with E-state index in [1.165, 1.54) is 13.0 Å². The lowest BCUT2D eigenvalue weighted by atomic mass is 9.97. The van der Waals surface area contributed by atoms with E-state index in [0.717, 1.165) is 5.56 Å². The lowest BCUT2D eigenvalue weighted by Gasteiger charge is -2.14. The molecule has 0 saturated carbocycles. The first-order chi connectivity index (χ1) is 10.4. The van der Waals surface area contributed by atoms with E-state index in [2.05, 4.69) is 5.32 Å². The zero-order valence-corrected chi connectivity index (χ0v) is 12.1. The molecule has 6 N–H and O–H groups in total. The lowest BCUT2D eigenvalue weighted by molar-refractivity contribution is -0.114. The molecule has 0 heterocycles. The second-order valence-electron chi connectivity index (χ2n) is 4.96. The van der Waals surface area contributed by atoms with Gasteiger partial charge >= 0.3 is 5.97 Å². The van der Waals surface area contributed by atoms with Gasteiger partial charge in [-0.1, -0.05) is 18.2 Å². The van der Waals surface area contributed by atoms with Crippen LogP contribution in [0.15, 0.2) is 36.4 Å². The molecule has 0 fully saturated rings. The Balaban J connectivity index is 2.46. The van der Waals surface area contributed by atoms with Crippen LogP contribution in [-0.2, 0) is 11.2 Å². The fourth-order valence-electron chi connectivity index (χ4n) is 2.25. The Kier molecular flexibility index (Phi) is 4.31. The monoisotopic (exact) mass is 299 g/mol. The number of anilines is 3. The van der Waals surface area contributed by atoms with Crippen LogP contribution in [0.25, 0.3) is 0 Å². The largest absolute Gasteiger partial charge is 0.478 e. The molecular formula is C16H17N3O3. The zero-order valence-electron chi connectivity index (χ0n) is 12.1.